The minimum atomic E-state index is -1.21. The third kappa shape index (κ3) is 10.6. The maximum Gasteiger partial charge on any atom is 0.309 e. The molecule has 0 radical (unpaired) electrons. The van der Waals surface area contributed by atoms with Crippen molar-refractivity contribution in [2.75, 3.05) is 18.5 Å². The molecule has 254 valence electrons. The SMILES string of the molecule is O=C(C[C@H]1CC=CCC[C@H](Cc2ccccc2)C(=O)OC[C@@H](C(=O)Nc2ccc3ccccc3c2)NC1=O)N[C@@H](CO)Cc1ccccc1. The molecule has 0 fully saturated rings. The summed E-state index contributed by atoms with van der Waals surface area (Å²) in [4.78, 5) is 54.0. The summed E-state index contributed by atoms with van der Waals surface area (Å²) < 4.78 is 5.72. The highest BCUT2D eigenvalue weighted by atomic mass is 16.5. The molecule has 4 aromatic carbocycles. The largest absolute Gasteiger partial charge is 0.463 e. The van der Waals surface area contributed by atoms with Gasteiger partial charge in [0.25, 0.3) is 5.91 Å². The summed E-state index contributed by atoms with van der Waals surface area (Å²) in [6.45, 7) is -0.630. The number of aliphatic hydroxyl groups is 1. The van der Waals surface area contributed by atoms with Crippen LogP contribution in [0.5, 0.6) is 0 Å². The van der Waals surface area contributed by atoms with Crippen LogP contribution in [-0.4, -0.2) is 54.1 Å². The van der Waals surface area contributed by atoms with Gasteiger partial charge in [0.15, 0.2) is 0 Å². The molecule has 4 atom stereocenters. The Morgan fingerprint density at radius 1 is 0.837 bits per heavy atom. The molecule has 49 heavy (non-hydrogen) atoms. The van der Waals surface area contributed by atoms with Crippen LogP contribution < -0.4 is 16.0 Å². The maximum absolute atomic E-state index is 13.7. The molecule has 9 heteroatoms. The van der Waals surface area contributed by atoms with E-state index in [4.69, 9.17) is 4.74 Å². The van der Waals surface area contributed by atoms with Crippen molar-refractivity contribution >= 4 is 40.2 Å². The average molecular weight is 662 g/mol. The van der Waals surface area contributed by atoms with Crippen LogP contribution in [0.1, 0.15) is 36.8 Å². The zero-order valence-corrected chi connectivity index (χ0v) is 27.4. The number of esters is 1. The molecule has 4 N–H and O–H groups in total. The summed E-state index contributed by atoms with van der Waals surface area (Å²) in [5.41, 5.74) is 2.49. The number of benzene rings is 4. The van der Waals surface area contributed by atoms with Gasteiger partial charge in [-0.25, -0.2) is 0 Å². The van der Waals surface area contributed by atoms with E-state index < -0.39 is 41.7 Å². The molecule has 0 unspecified atom stereocenters. The van der Waals surface area contributed by atoms with Gasteiger partial charge in [-0.05, 0) is 66.1 Å². The van der Waals surface area contributed by atoms with Crippen LogP contribution in [0, 0.1) is 11.8 Å². The number of nitrogens with one attached hydrogen (secondary N) is 3. The first-order valence-corrected chi connectivity index (χ1v) is 16.8. The first-order valence-electron chi connectivity index (χ1n) is 16.8. The number of cyclic esters (lactones) is 1. The normalized spacial score (nSPS) is 19.3. The van der Waals surface area contributed by atoms with Crippen LogP contribution >= 0.6 is 0 Å². The van der Waals surface area contributed by atoms with Gasteiger partial charge in [0, 0.05) is 12.1 Å². The number of anilines is 1. The number of aliphatic hydroxyl groups excluding tert-OH is 1. The lowest BCUT2D eigenvalue weighted by molar-refractivity contribution is -0.150. The van der Waals surface area contributed by atoms with E-state index in [1.54, 1.807) is 6.07 Å². The Morgan fingerprint density at radius 2 is 1.53 bits per heavy atom. The molecule has 0 saturated carbocycles. The number of allylic oxidation sites excluding steroid dienone is 2. The van der Waals surface area contributed by atoms with E-state index in [9.17, 15) is 24.3 Å². The topological polar surface area (TPSA) is 134 Å². The van der Waals surface area contributed by atoms with E-state index in [0.29, 0.717) is 31.4 Å². The molecule has 0 bridgehead atoms. The highest BCUT2D eigenvalue weighted by Crippen LogP contribution is 2.21. The monoisotopic (exact) mass is 661 g/mol. The van der Waals surface area contributed by atoms with Crippen molar-refractivity contribution in [2.24, 2.45) is 11.8 Å². The number of hydrogen-bond donors (Lipinski definition) is 4. The van der Waals surface area contributed by atoms with Crippen molar-refractivity contribution in [3.8, 4) is 0 Å². The fourth-order valence-electron chi connectivity index (χ4n) is 5.98. The number of ether oxygens (including phenoxy) is 1. The highest BCUT2D eigenvalue weighted by Gasteiger charge is 2.30. The van der Waals surface area contributed by atoms with E-state index in [1.165, 1.54) is 0 Å². The van der Waals surface area contributed by atoms with Crippen LogP contribution in [0.25, 0.3) is 10.8 Å². The van der Waals surface area contributed by atoms with Crippen LogP contribution in [0.4, 0.5) is 5.69 Å². The van der Waals surface area contributed by atoms with E-state index >= 15 is 0 Å². The van der Waals surface area contributed by atoms with Gasteiger partial charge in [0.05, 0.1) is 24.5 Å². The van der Waals surface area contributed by atoms with Gasteiger partial charge < -0.3 is 25.8 Å². The van der Waals surface area contributed by atoms with Crippen LogP contribution in [0.2, 0.25) is 0 Å². The lowest BCUT2D eigenvalue weighted by atomic mass is 9.94. The van der Waals surface area contributed by atoms with Crippen molar-refractivity contribution < 1.29 is 29.0 Å². The van der Waals surface area contributed by atoms with Gasteiger partial charge >= 0.3 is 5.97 Å². The molecule has 1 aliphatic rings. The van der Waals surface area contributed by atoms with Crippen LogP contribution in [0.15, 0.2) is 115 Å². The van der Waals surface area contributed by atoms with Gasteiger partial charge in [0.1, 0.15) is 12.6 Å². The van der Waals surface area contributed by atoms with Gasteiger partial charge in [-0.15, -0.1) is 0 Å². The summed E-state index contributed by atoms with van der Waals surface area (Å²) in [6, 6.07) is 30.7. The predicted octanol–water partition coefficient (Wildman–Crippen LogP) is 5.13. The van der Waals surface area contributed by atoms with E-state index in [0.717, 1.165) is 21.9 Å². The summed E-state index contributed by atoms with van der Waals surface area (Å²) in [6.07, 6.45) is 5.86. The first-order chi connectivity index (χ1) is 23.9. The molecule has 0 aliphatic carbocycles. The van der Waals surface area contributed by atoms with Crippen molar-refractivity contribution in [1.29, 1.82) is 0 Å². The van der Waals surface area contributed by atoms with Crippen molar-refractivity contribution in [3.63, 3.8) is 0 Å². The Kier molecular flexibility index (Phi) is 12.7. The summed E-state index contributed by atoms with van der Waals surface area (Å²) in [5.74, 6) is -3.15. The molecule has 4 aromatic rings. The third-order valence-corrected chi connectivity index (χ3v) is 8.68. The number of carbonyl (C=O) groups excluding carboxylic acids is 4. The molecular weight excluding hydrogens is 618 g/mol. The Balaban J connectivity index is 1.33. The summed E-state index contributed by atoms with van der Waals surface area (Å²) in [7, 11) is 0. The van der Waals surface area contributed by atoms with Gasteiger partial charge in [-0.3, -0.25) is 19.2 Å². The third-order valence-electron chi connectivity index (χ3n) is 8.68. The number of fused-ring (bicyclic) bond motifs is 1. The van der Waals surface area contributed by atoms with Gasteiger partial charge in [-0.1, -0.05) is 103 Å². The van der Waals surface area contributed by atoms with E-state index in [1.807, 2.05) is 109 Å². The van der Waals surface area contributed by atoms with E-state index in [-0.39, 0.29) is 32.0 Å². The lowest BCUT2D eigenvalue weighted by Gasteiger charge is -2.23. The standard InChI is InChI=1S/C40H43N3O6/c44-26-35(23-29-14-6-2-7-15-29)41-37(45)25-32-18-8-3-9-19-33(22-28-12-4-1-5-13-28)40(48)49-27-36(43-38(32)46)39(47)42-34-21-20-30-16-10-11-17-31(30)24-34/h1-8,10-17,20-21,24,32-33,35-36,44H,9,18-19,22-23,25-27H2,(H,41,45)(H,42,47)(H,43,46)/t32-,33-,35-,36+/m1/s1. The summed E-state index contributed by atoms with van der Waals surface area (Å²) in [5, 5.41) is 20.4. The second kappa shape index (κ2) is 17.8. The maximum atomic E-state index is 13.7. The van der Waals surface area contributed by atoms with Crippen molar-refractivity contribution in [2.45, 2.75) is 50.6 Å². The molecule has 0 saturated heterocycles. The molecule has 3 amide bonds. The molecule has 1 aliphatic heterocycles. The van der Waals surface area contributed by atoms with Crippen molar-refractivity contribution in [1.82, 2.24) is 10.6 Å². The Hall–Kier alpha value is -5.28. The fraction of sp³-hybridized carbons (Fsp3) is 0.300. The molecular formula is C40H43N3O6. The highest BCUT2D eigenvalue weighted by molar-refractivity contribution is 5.99. The molecule has 0 spiro atoms. The zero-order chi connectivity index (χ0) is 34.4. The second-order valence-electron chi connectivity index (χ2n) is 12.5. The van der Waals surface area contributed by atoms with Crippen molar-refractivity contribution in [3.05, 3.63) is 126 Å². The minimum Gasteiger partial charge on any atom is -0.463 e. The molecule has 1 heterocycles. The zero-order valence-electron chi connectivity index (χ0n) is 27.4. The Labute approximate surface area is 286 Å². The van der Waals surface area contributed by atoms with Gasteiger partial charge in [0.2, 0.25) is 11.8 Å². The predicted molar refractivity (Wildman–Crippen MR) is 189 cm³/mol. The van der Waals surface area contributed by atoms with E-state index in [2.05, 4.69) is 16.0 Å². The number of hydrogen-bond acceptors (Lipinski definition) is 6. The Morgan fingerprint density at radius 3 is 2.27 bits per heavy atom. The first kappa shape index (κ1) is 35.0. The summed E-state index contributed by atoms with van der Waals surface area (Å²) >= 11 is 0. The average Bonchev–Trinajstić information content (AvgIpc) is 3.13. The number of amides is 3. The van der Waals surface area contributed by atoms with Crippen LogP contribution in [-0.2, 0) is 36.8 Å². The molecule has 5 rings (SSSR count). The minimum absolute atomic E-state index is 0.156. The second-order valence-corrected chi connectivity index (χ2v) is 12.5. The smallest absolute Gasteiger partial charge is 0.309 e. The quantitative estimate of drug-likeness (QED) is 0.138. The number of carbonyl (C=O) groups is 4. The Bertz CT molecular complexity index is 1740. The fourth-order valence-corrected chi connectivity index (χ4v) is 5.98. The lowest BCUT2D eigenvalue weighted by Crippen LogP contribution is -2.50. The molecule has 9 nitrogen and oxygen atoms in total. The van der Waals surface area contributed by atoms with Crippen LogP contribution in [0.3, 0.4) is 0 Å². The van der Waals surface area contributed by atoms with Gasteiger partial charge in [-0.2, -0.15) is 0 Å². The molecule has 0 aromatic heterocycles. The number of rotatable bonds is 10.